The quantitative estimate of drug-likeness (QED) is 0.202. The molecule has 1 heterocycles. The maximum atomic E-state index is 3.81. The summed E-state index contributed by atoms with van der Waals surface area (Å²) in [5, 5.41) is 8.76. The molecule has 0 fully saturated rings. The lowest BCUT2D eigenvalue weighted by Crippen LogP contribution is -2.28. The van der Waals surface area contributed by atoms with Gasteiger partial charge in [0, 0.05) is 27.8 Å². The number of hydrogen-bond acceptors (Lipinski definition) is 1. The number of rotatable bonds is 5. The molecule has 1 N–H and O–H groups in total. The SMILES string of the molecule is c1ccc(C2(c3cccc(Nc4ccc5c(c4)c4ccccc4n5-c4ccc5ccccc5c4)c3)c3ccccc3-c3ccccc32)cc1. The molecule has 0 saturated carbocycles. The van der Waals surface area contributed by atoms with E-state index in [-0.39, 0.29) is 0 Å². The second kappa shape index (κ2) is 10.8. The highest BCUT2D eigenvalue weighted by Crippen LogP contribution is 2.56. The Morgan fingerprint density at radius 2 is 1.02 bits per heavy atom. The number of benzene rings is 8. The number of anilines is 2. The number of aromatic nitrogens is 1. The van der Waals surface area contributed by atoms with E-state index in [9.17, 15) is 0 Å². The van der Waals surface area contributed by atoms with Crippen molar-refractivity contribution >= 4 is 44.0 Å². The minimum atomic E-state index is -0.427. The van der Waals surface area contributed by atoms with Crippen LogP contribution in [0.15, 0.2) is 188 Å². The average Bonchev–Trinajstić information content (AvgIpc) is 3.66. The molecule has 0 aliphatic heterocycles. The lowest BCUT2D eigenvalue weighted by molar-refractivity contribution is 0.769. The van der Waals surface area contributed by atoms with E-state index in [1.54, 1.807) is 0 Å². The van der Waals surface area contributed by atoms with Gasteiger partial charge in [-0.15, -0.1) is 0 Å². The van der Waals surface area contributed by atoms with Gasteiger partial charge in [-0.25, -0.2) is 0 Å². The number of nitrogens with zero attached hydrogens (tertiary/aromatic N) is 1. The molecule has 0 spiro atoms. The van der Waals surface area contributed by atoms with E-state index in [0.717, 1.165) is 11.4 Å². The lowest BCUT2D eigenvalue weighted by Gasteiger charge is -2.34. The third-order valence-corrected chi connectivity index (χ3v) is 10.4. The molecule has 49 heavy (non-hydrogen) atoms. The van der Waals surface area contributed by atoms with Crippen molar-refractivity contribution in [2.45, 2.75) is 5.41 Å². The fraction of sp³-hybridized carbons (Fsp3) is 0.0213. The standard InChI is InChI=1S/C47H32N2/c1-2-15-34(16-3-1)47(43-22-9-6-19-39(43)40-20-7-10-23-44(40)47)35-17-12-18-36(30-35)48-37-26-28-46-42(31-37)41-21-8-11-24-45(41)49(46)38-27-25-32-13-4-5-14-33(32)29-38/h1-31,48H. The molecule has 8 aromatic carbocycles. The molecule has 1 aliphatic rings. The van der Waals surface area contributed by atoms with Gasteiger partial charge in [0.2, 0.25) is 0 Å². The molecular formula is C47H32N2. The van der Waals surface area contributed by atoms with E-state index in [4.69, 9.17) is 0 Å². The van der Waals surface area contributed by atoms with Crippen molar-refractivity contribution in [2.24, 2.45) is 0 Å². The minimum Gasteiger partial charge on any atom is -0.355 e. The summed E-state index contributed by atoms with van der Waals surface area (Å²) in [6, 6.07) is 68.6. The molecule has 0 atom stereocenters. The lowest BCUT2D eigenvalue weighted by atomic mass is 9.67. The molecule has 1 aliphatic carbocycles. The first-order valence-electron chi connectivity index (χ1n) is 16.9. The Balaban J connectivity index is 1.11. The fourth-order valence-electron chi connectivity index (χ4n) is 8.35. The summed E-state index contributed by atoms with van der Waals surface area (Å²) >= 11 is 0. The van der Waals surface area contributed by atoms with Crippen LogP contribution in [0.2, 0.25) is 0 Å². The van der Waals surface area contributed by atoms with E-state index in [1.165, 1.54) is 71.6 Å². The van der Waals surface area contributed by atoms with Crippen molar-refractivity contribution in [3.63, 3.8) is 0 Å². The third kappa shape index (κ3) is 4.14. The average molecular weight is 625 g/mol. The van der Waals surface area contributed by atoms with E-state index in [1.807, 2.05) is 0 Å². The van der Waals surface area contributed by atoms with Crippen molar-refractivity contribution in [3.8, 4) is 16.8 Å². The van der Waals surface area contributed by atoms with Crippen molar-refractivity contribution in [3.05, 3.63) is 210 Å². The highest BCUT2D eigenvalue weighted by atomic mass is 15.0. The van der Waals surface area contributed by atoms with Crippen LogP contribution in [0.3, 0.4) is 0 Å². The smallest absolute Gasteiger partial charge is 0.0714 e. The maximum Gasteiger partial charge on any atom is 0.0714 e. The normalized spacial score (nSPS) is 13.1. The van der Waals surface area contributed by atoms with Gasteiger partial charge in [-0.3, -0.25) is 0 Å². The zero-order valence-corrected chi connectivity index (χ0v) is 26.8. The predicted octanol–water partition coefficient (Wildman–Crippen LogP) is 12.0. The highest BCUT2D eigenvalue weighted by molar-refractivity contribution is 6.10. The van der Waals surface area contributed by atoms with Gasteiger partial charge in [0.1, 0.15) is 0 Å². The summed E-state index contributed by atoms with van der Waals surface area (Å²) in [5.41, 5.74) is 13.0. The minimum absolute atomic E-state index is 0.427. The van der Waals surface area contributed by atoms with Gasteiger partial charge in [0.15, 0.2) is 0 Å². The number of nitrogens with one attached hydrogen (secondary N) is 1. The zero-order valence-electron chi connectivity index (χ0n) is 26.8. The van der Waals surface area contributed by atoms with Crippen LogP contribution in [-0.2, 0) is 5.41 Å². The Morgan fingerprint density at radius 1 is 0.388 bits per heavy atom. The van der Waals surface area contributed by atoms with Gasteiger partial charge in [0.05, 0.1) is 16.4 Å². The topological polar surface area (TPSA) is 17.0 Å². The van der Waals surface area contributed by atoms with Crippen LogP contribution < -0.4 is 5.32 Å². The predicted molar refractivity (Wildman–Crippen MR) is 205 cm³/mol. The molecule has 1 aromatic heterocycles. The molecule has 9 aromatic rings. The fourth-order valence-corrected chi connectivity index (χ4v) is 8.35. The van der Waals surface area contributed by atoms with Crippen LogP contribution in [-0.4, -0.2) is 4.57 Å². The molecule has 10 rings (SSSR count). The molecule has 0 radical (unpaired) electrons. The highest BCUT2D eigenvalue weighted by Gasteiger charge is 2.45. The van der Waals surface area contributed by atoms with E-state index < -0.39 is 5.41 Å². The Hall–Kier alpha value is -6.38. The van der Waals surface area contributed by atoms with Crippen molar-refractivity contribution < 1.29 is 0 Å². The first-order chi connectivity index (χ1) is 24.3. The van der Waals surface area contributed by atoms with Gasteiger partial charge < -0.3 is 9.88 Å². The Morgan fingerprint density at radius 3 is 1.84 bits per heavy atom. The molecule has 0 unspecified atom stereocenters. The van der Waals surface area contributed by atoms with Gasteiger partial charge in [-0.05, 0) is 92.7 Å². The maximum absolute atomic E-state index is 3.81. The van der Waals surface area contributed by atoms with Crippen LogP contribution in [0.1, 0.15) is 22.3 Å². The van der Waals surface area contributed by atoms with Crippen LogP contribution in [0.25, 0.3) is 49.4 Å². The van der Waals surface area contributed by atoms with Gasteiger partial charge >= 0.3 is 0 Å². The van der Waals surface area contributed by atoms with Gasteiger partial charge in [-0.1, -0.05) is 140 Å². The van der Waals surface area contributed by atoms with E-state index >= 15 is 0 Å². The zero-order chi connectivity index (χ0) is 32.4. The Kier molecular flexibility index (Phi) is 6.13. The Labute approximate surface area is 285 Å². The van der Waals surface area contributed by atoms with Crippen LogP contribution in [0.5, 0.6) is 0 Å². The van der Waals surface area contributed by atoms with E-state index in [2.05, 4.69) is 198 Å². The summed E-state index contributed by atoms with van der Waals surface area (Å²) < 4.78 is 2.39. The first kappa shape index (κ1) is 27.7. The van der Waals surface area contributed by atoms with Crippen LogP contribution in [0, 0.1) is 0 Å². The molecule has 2 nitrogen and oxygen atoms in total. The number of fused-ring (bicyclic) bond motifs is 7. The van der Waals surface area contributed by atoms with Gasteiger partial charge in [-0.2, -0.15) is 0 Å². The first-order valence-corrected chi connectivity index (χ1v) is 16.9. The molecular weight excluding hydrogens is 593 g/mol. The molecule has 2 heteroatoms. The Bertz CT molecular complexity index is 2650. The third-order valence-electron chi connectivity index (χ3n) is 10.4. The largest absolute Gasteiger partial charge is 0.355 e. The summed E-state index contributed by atoms with van der Waals surface area (Å²) in [5.74, 6) is 0. The van der Waals surface area contributed by atoms with Crippen molar-refractivity contribution in [1.29, 1.82) is 0 Å². The van der Waals surface area contributed by atoms with E-state index in [0.29, 0.717) is 0 Å². The number of hydrogen-bond donors (Lipinski definition) is 1. The monoisotopic (exact) mass is 624 g/mol. The van der Waals surface area contributed by atoms with Crippen LogP contribution in [0.4, 0.5) is 11.4 Å². The summed E-state index contributed by atoms with van der Waals surface area (Å²) in [6.07, 6.45) is 0. The van der Waals surface area contributed by atoms with Crippen molar-refractivity contribution in [1.82, 2.24) is 4.57 Å². The van der Waals surface area contributed by atoms with Crippen molar-refractivity contribution in [2.75, 3.05) is 5.32 Å². The summed E-state index contributed by atoms with van der Waals surface area (Å²) in [7, 11) is 0. The van der Waals surface area contributed by atoms with Crippen LogP contribution >= 0.6 is 0 Å². The summed E-state index contributed by atoms with van der Waals surface area (Å²) in [6.45, 7) is 0. The molecule has 0 bridgehead atoms. The summed E-state index contributed by atoms with van der Waals surface area (Å²) in [4.78, 5) is 0. The number of para-hydroxylation sites is 1. The van der Waals surface area contributed by atoms with Gasteiger partial charge in [0.25, 0.3) is 0 Å². The second-order valence-corrected chi connectivity index (χ2v) is 13.0. The second-order valence-electron chi connectivity index (χ2n) is 13.0. The molecule has 230 valence electrons. The molecule has 0 saturated heterocycles. The molecule has 0 amide bonds.